The first kappa shape index (κ1) is 17.5. The number of carbonyl (C=O) groups is 1. The Bertz CT molecular complexity index is 695. The van der Waals surface area contributed by atoms with Crippen LogP contribution in [0.1, 0.15) is 24.0 Å². The smallest absolute Gasteiger partial charge is 0.342 e. The molecule has 1 amide bonds. The highest BCUT2D eigenvalue weighted by molar-refractivity contribution is 5.78. The Morgan fingerprint density at radius 2 is 2.00 bits per heavy atom. The summed E-state index contributed by atoms with van der Waals surface area (Å²) in [6.45, 7) is 2.21. The van der Waals surface area contributed by atoms with Crippen LogP contribution in [-0.2, 0) is 23.9 Å². The molecule has 0 radical (unpaired) electrons. The van der Waals surface area contributed by atoms with Gasteiger partial charge in [-0.3, -0.25) is 4.79 Å². The van der Waals surface area contributed by atoms with E-state index >= 15 is 0 Å². The molecule has 1 saturated heterocycles. The molecule has 0 aliphatic carbocycles. The lowest BCUT2D eigenvalue weighted by atomic mass is 9.97. The van der Waals surface area contributed by atoms with Crippen molar-refractivity contribution in [2.45, 2.75) is 32.0 Å². The molecule has 3 rings (SSSR count). The summed E-state index contributed by atoms with van der Waals surface area (Å²) in [6, 6.07) is 4.82. The van der Waals surface area contributed by atoms with Crippen LogP contribution in [0.25, 0.3) is 0 Å². The minimum Gasteiger partial charge on any atom is -0.342 e. The average molecular weight is 351 g/mol. The van der Waals surface area contributed by atoms with Crippen molar-refractivity contribution in [3.8, 4) is 0 Å². The molecule has 4 nitrogen and oxygen atoms in total. The Kier molecular flexibility index (Phi) is 5.11. The predicted octanol–water partition coefficient (Wildman–Crippen LogP) is 3.38. The van der Waals surface area contributed by atoms with Gasteiger partial charge in [-0.1, -0.05) is 12.1 Å². The van der Waals surface area contributed by atoms with Gasteiger partial charge in [0.1, 0.15) is 0 Å². The molecule has 1 unspecified atom stereocenters. The van der Waals surface area contributed by atoms with Crippen LogP contribution in [0.5, 0.6) is 0 Å². The minimum atomic E-state index is -4.35. The van der Waals surface area contributed by atoms with E-state index in [4.69, 9.17) is 0 Å². The fourth-order valence-corrected chi connectivity index (χ4v) is 3.23. The van der Waals surface area contributed by atoms with Gasteiger partial charge >= 0.3 is 6.18 Å². The molecule has 1 aliphatic heterocycles. The maximum Gasteiger partial charge on any atom is 0.416 e. The summed E-state index contributed by atoms with van der Waals surface area (Å²) < 4.78 is 39.8. The molecule has 0 N–H and O–H groups in total. The molecular weight excluding hydrogens is 331 g/mol. The van der Waals surface area contributed by atoms with Gasteiger partial charge in [0, 0.05) is 32.0 Å². The van der Waals surface area contributed by atoms with Gasteiger partial charge in [0.15, 0.2) is 0 Å². The van der Waals surface area contributed by atoms with E-state index < -0.39 is 11.7 Å². The van der Waals surface area contributed by atoms with Crippen molar-refractivity contribution < 1.29 is 18.0 Å². The fraction of sp³-hybridized carbons (Fsp3) is 0.444. The van der Waals surface area contributed by atoms with E-state index in [2.05, 4.69) is 4.98 Å². The van der Waals surface area contributed by atoms with Crippen LogP contribution in [0.2, 0.25) is 0 Å². The maximum absolute atomic E-state index is 12.6. The molecule has 0 spiro atoms. The summed E-state index contributed by atoms with van der Waals surface area (Å²) in [5.41, 5.74) is -0.0863. The first-order valence-corrected chi connectivity index (χ1v) is 8.31. The van der Waals surface area contributed by atoms with Crippen molar-refractivity contribution in [2.24, 2.45) is 5.92 Å². The number of piperidine rings is 1. The quantitative estimate of drug-likeness (QED) is 0.847. The number of amides is 1. The molecule has 0 saturated carbocycles. The van der Waals surface area contributed by atoms with Crippen molar-refractivity contribution in [3.05, 3.63) is 54.1 Å². The first-order valence-electron chi connectivity index (χ1n) is 8.31. The molecule has 1 fully saturated rings. The predicted molar refractivity (Wildman–Crippen MR) is 86.7 cm³/mol. The van der Waals surface area contributed by atoms with Crippen molar-refractivity contribution in [1.82, 2.24) is 14.5 Å². The number of benzene rings is 1. The highest BCUT2D eigenvalue weighted by atomic mass is 19.4. The van der Waals surface area contributed by atoms with Crippen LogP contribution in [0, 0.1) is 5.92 Å². The lowest BCUT2D eigenvalue weighted by molar-refractivity contribution is -0.137. The Hall–Kier alpha value is -2.31. The van der Waals surface area contributed by atoms with Crippen molar-refractivity contribution in [3.63, 3.8) is 0 Å². The van der Waals surface area contributed by atoms with E-state index in [0.29, 0.717) is 24.6 Å². The highest BCUT2D eigenvalue weighted by Gasteiger charge is 2.30. The van der Waals surface area contributed by atoms with E-state index in [-0.39, 0.29) is 12.3 Å². The van der Waals surface area contributed by atoms with Gasteiger partial charge in [-0.05, 0) is 36.5 Å². The Morgan fingerprint density at radius 3 is 2.64 bits per heavy atom. The van der Waals surface area contributed by atoms with Crippen molar-refractivity contribution in [2.75, 3.05) is 13.1 Å². The molecule has 25 heavy (non-hydrogen) atoms. The number of hydrogen-bond donors (Lipinski definition) is 0. The lowest BCUT2D eigenvalue weighted by Gasteiger charge is -2.33. The van der Waals surface area contributed by atoms with E-state index in [1.54, 1.807) is 12.5 Å². The van der Waals surface area contributed by atoms with E-state index in [0.717, 1.165) is 31.5 Å². The van der Waals surface area contributed by atoms with Crippen LogP contribution in [-0.4, -0.2) is 33.4 Å². The van der Waals surface area contributed by atoms with Crippen LogP contribution in [0.15, 0.2) is 43.0 Å². The van der Waals surface area contributed by atoms with E-state index in [9.17, 15) is 18.0 Å². The average Bonchev–Trinajstić information content (AvgIpc) is 3.08. The summed E-state index contributed by atoms with van der Waals surface area (Å²) in [4.78, 5) is 18.3. The SMILES string of the molecule is O=C(Cc1ccc(C(F)(F)F)cc1)N1CCCC(Cn2ccnc2)C1. The molecule has 2 heterocycles. The molecule has 2 aromatic rings. The minimum absolute atomic E-state index is 0.0323. The molecule has 1 aromatic heterocycles. The zero-order valence-electron chi connectivity index (χ0n) is 13.7. The normalized spacial score (nSPS) is 18.4. The number of imidazole rings is 1. The van der Waals surface area contributed by atoms with Gasteiger partial charge in [-0.25, -0.2) is 4.98 Å². The highest BCUT2D eigenvalue weighted by Crippen LogP contribution is 2.29. The second-order valence-corrected chi connectivity index (χ2v) is 6.48. The van der Waals surface area contributed by atoms with Gasteiger partial charge in [0.05, 0.1) is 18.3 Å². The summed E-state index contributed by atoms with van der Waals surface area (Å²) in [7, 11) is 0. The third-order valence-corrected chi connectivity index (χ3v) is 4.54. The number of nitrogens with zero attached hydrogens (tertiary/aromatic N) is 3. The third kappa shape index (κ3) is 4.61. The number of rotatable bonds is 4. The number of halogens is 3. The molecule has 7 heteroatoms. The second kappa shape index (κ2) is 7.29. The van der Waals surface area contributed by atoms with Crippen LogP contribution in [0.4, 0.5) is 13.2 Å². The van der Waals surface area contributed by atoms with E-state index in [1.165, 1.54) is 12.1 Å². The monoisotopic (exact) mass is 351 g/mol. The Morgan fingerprint density at radius 1 is 1.24 bits per heavy atom. The molecule has 1 atom stereocenters. The Labute approximate surface area is 144 Å². The van der Waals surface area contributed by atoms with Gasteiger partial charge in [0.2, 0.25) is 5.91 Å². The molecule has 1 aliphatic rings. The van der Waals surface area contributed by atoms with E-state index in [1.807, 2.05) is 15.7 Å². The molecule has 0 bridgehead atoms. The first-order chi connectivity index (χ1) is 11.9. The number of hydrogen-bond acceptors (Lipinski definition) is 2. The summed E-state index contributed by atoms with van der Waals surface area (Å²) >= 11 is 0. The molecular formula is C18H20F3N3O. The van der Waals surface area contributed by atoms with Crippen LogP contribution >= 0.6 is 0 Å². The number of aromatic nitrogens is 2. The summed E-state index contributed by atoms with van der Waals surface area (Å²) in [5.74, 6) is 0.342. The topological polar surface area (TPSA) is 38.1 Å². The van der Waals surface area contributed by atoms with Crippen molar-refractivity contribution in [1.29, 1.82) is 0 Å². The van der Waals surface area contributed by atoms with Gasteiger partial charge in [-0.15, -0.1) is 0 Å². The largest absolute Gasteiger partial charge is 0.416 e. The van der Waals surface area contributed by atoms with Crippen LogP contribution < -0.4 is 0 Å². The molecule has 1 aromatic carbocycles. The van der Waals surface area contributed by atoms with Crippen LogP contribution in [0.3, 0.4) is 0 Å². The molecule has 134 valence electrons. The standard InChI is InChI=1S/C18H20F3N3O/c19-18(20,21)16-5-3-14(4-6-16)10-17(25)24-8-1-2-15(12-24)11-23-9-7-22-13-23/h3-7,9,13,15H,1-2,8,10-12H2. The van der Waals surface area contributed by atoms with Crippen molar-refractivity contribution >= 4 is 5.91 Å². The van der Waals surface area contributed by atoms with Gasteiger partial charge < -0.3 is 9.47 Å². The van der Waals surface area contributed by atoms with Gasteiger partial charge in [0.25, 0.3) is 0 Å². The zero-order valence-corrected chi connectivity index (χ0v) is 13.7. The zero-order chi connectivity index (χ0) is 17.9. The fourth-order valence-electron chi connectivity index (χ4n) is 3.23. The van der Waals surface area contributed by atoms with Gasteiger partial charge in [-0.2, -0.15) is 13.2 Å². The summed E-state index contributed by atoms with van der Waals surface area (Å²) in [6.07, 6.45) is 3.19. The number of likely N-dealkylation sites (tertiary alicyclic amines) is 1. The lowest BCUT2D eigenvalue weighted by Crippen LogP contribution is -2.41. The number of alkyl halides is 3. The maximum atomic E-state index is 12.6. The Balaban J connectivity index is 1.57. The summed E-state index contributed by atoms with van der Waals surface area (Å²) in [5, 5.41) is 0. The second-order valence-electron chi connectivity index (χ2n) is 6.48. The third-order valence-electron chi connectivity index (χ3n) is 4.54. The number of carbonyl (C=O) groups excluding carboxylic acids is 1.